The minimum Gasteiger partial charge on any atom is -0.465 e. The number of nitrogens with one attached hydrogen (secondary N) is 1. The summed E-state index contributed by atoms with van der Waals surface area (Å²) in [7, 11) is 0. The van der Waals surface area contributed by atoms with Crippen molar-refractivity contribution in [3.8, 4) is 0 Å². The van der Waals surface area contributed by atoms with E-state index < -0.39 is 17.8 Å². The average molecular weight is 330 g/mol. The number of carbonyl (C=O) groups is 2. The van der Waals surface area contributed by atoms with E-state index in [1.54, 1.807) is 43.3 Å². The SMILES string of the molecule is Cc1ccc(CNC(=O)O[C@@]2(O)CCN(c3ccccc3)C2=O)o1. The molecule has 3 rings (SSSR count). The molecule has 0 radical (unpaired) electrons. The van der Waals surface area contributed by atoms with Crippen LogP contribution in [-0.2, 0) is 16.1 Å². The van der Waals surface area contributed by atoms with E-state index in [2.05, 4.69) is 5.32 Å². The van der Waals surface area contributed by atoms with Crippen molar-refractivity contribution < 1.29 is 23.8 Å². The quantitative estimate of drug-likeness (QED) is 0.836. The predicted octanol–water partition coefficient (Wildman–Crippen LogP) is 1.94. The number of carbonyl (C=O) groups excluding carboxylic acids is 2. The maximum atomic E-state index is 12.4. The van der Waals surface area contributed by atoms with Gasteiger partial charge >= 0.3 is 6.09 Å². The lowest BCUT2D eigenvalue weighted by atomic mass is 10.2. The third kappa shape index (κ3) is 3.26. The minimum atomic E-state index is -2.15. The molecule has 0 unspecified atom stereocenters. The van der Waals surface area contributed by atoms with Crippen LogP contribution in [0.2, 0.25) is 0 Å². The van der Waals surface area contributed by atoms with Crippen LogP contribution in [0.1, 0.15) is 17.9 Å². The van der Waals surface area contributed by atoms with Crippen molar-refractivity contribution in [1.29, 1.82) is 0 Å². The van der Waals surface area contributed by atoms with Crippen molar-refractivity contribution in [2.75, 3.05) is 11.4 Å². The Bertz CT molecular complexity index is 742. The number of furan rings is 1. The van der Waals surface area contributed by atoms with Crippen LogP contribution >= 0.6 is 0 Å². The van der Waals surface area contributed by atoms with Gasteiger partial charge in [-0.3, -0.25) is 4.79 Å². The van der Waals surface area contributed by atoms with E-state index >= 15 is 0 Å². The number of ether oxygens (including phenoxy) is 1. The maximum absolute atomic E-state index is 12.4. The summed E-state index contributed by atoms with van der Waals surface area (Å²) in [4.78, 5) is 25.7. The number of aryl methyl sites for hydroxylation is 1. The van der Waals surface area contributed by atoms with Crippen LogP contribution in [-0.4, -0.2) is 29.4 Å². The zero-order chi connectivity index (χ0) is 17.2. The number of alkyl carbamates (subject to hydrolysis) is 1. The summed E-state index contributed by atoms with van der Waals surface area (Å²) in [6, 6.07) is 12.4. The van der Waals surface area contributed by atoms with Crippen molar-refractivity contribution in [2.45, 2.75) is 25.7 Å². The summed E-state index contributed by atoms with van der Waals surface area (Å²) in [5.74, 6) is -1.53. The zero-order valence-corrected chi connectivity index (χ0v) is 13.2. The minimum absolute atomic E-state index is 0.00794. The van der Waals surface area contributed by atoms with Gasteiger partial charge in [-0.25, -0.2) is 4.79 Å². The highest BCUT2D eigenvalue weighted by molar-refractivity contribution is 6.01. The molecule has 24 heavy (non-hydrogen) atoms. The van der Waals surface area contributed by atoms with Crippen LogP contribution < -0.4 is 10.2 Å². The van der Waals surface area contributed by atoms with E-state index in [9.17, 15) is 14.7 Å². The van der Waals surface area contributed by atoms with Gasteiger partial charge in [0.05, 0.1) is 6.54 Å². The topological polar surface area (TPSA) is 92.0 Å². The van der Waals surface area contributed by atoms with Gasteiger partial charge in [-0.1, -0.05) is 18.2 Å². The Kier molecular flexibility index (Phi) is 4.26. The van der Waals surface area contributed by atoms with Gasteiger partial charge in [0, 0.05) is 18.7 Å². The van der Waals surface area contributed by atoms with Gasteiger partial charge < -0.3 is 24.5 Å². The normalized spacial score (nSPS) is 20.2. The molecule has 7 nitrogen and oxygen atoms in total. The lowest BCUT2D eigenvalue weighted by Gasteiger charge is -2.22. The first kappa shape index (κ1) is 16.1. The second-order valence-corrected chi connectivity index (χ2v) is 5.58. The first-order valence-corrected chi connectivity index (χ1v) is 7.59. The first-order valence-electron chi connectivity index (χ1n) is 7.59. The van der Waals surface area contributed by atoms with Crippen molar-refractivity contribution in [3.63, 3.8) is 0 Å². The summed E-state index contributed by atoms with van der Waals surface area (Å²) < 4.78 is 10.3. The molecule has 126 valence electrons. The molecule has 2 amide bonds. The fourth-order valence-corrected chi connectivity index (χ4v) is 2.56. The molecular formula is C17H18N2O5. The monoisotopic (exact) mass is 330 g/mol. The number of anilines is 1. The largest absolute Gasteiger partial charge is 0.465 e. The van der Waals surface area contributed by atoms with Crippen LogP contribution in [0.3, 0.4) is 0 Å². The van der Waals surface area contributed by atoms with E-state index in [1.165, 1.54) is 4.90 Å². The van der Waals surface area contributed by atoms with Crippen LogP contribution in [0.25, 0.3) is 0 Å². The lowest BCUT2D eigenvalue weighted by Crippen LogP contribution is -2.46. The van der Waals surface area contributed by atoms with Gasteiger partial charge in [-0.15, -0.1) is 0 Å². The highest BCUT2D eigenvalue weighted by Gasteiger charge is 2.49. The van der Waals surface area contributed by atoms with Gasteiger partial charge in [0.15, 0.2) is 0 Å². The Hall–Kier alpha value is -2.80. The van der Waals surface area contributed by atoms with Crippen molar-refractivity contribution >= 4 is 17.7 Å². The summed E-state index contributed by atoms with van der Waals surface area (Å²) >= 11 is 0. The Balaban J connectivity index is 1.60. The second-order valence-electron chi connectivity index (χ2n) is 5.58. The molecule has 7 heteroatoms. The van der Waals surface area contributed by atoms with Crippen molar-refractivity contribution in [1.82, 2.24) is 5.32 Å². The summed E-state index contributed by atoms with van der Waals surface area (Å²) in [5.41, 5.74) is 0.647. The third-order valence-corrected chi connectivity index (χ3v) is 3.79. The molecule has 0 spiro atoms. The van der Waals surface area contributed by atoms with Crippen LogP contribution in [0.5, 0.6) is 0 Å². The number of benzene rings is 1. The molecule has 1 atom stereocenters. The molecule has 2 N–H and O–H groups in total. The number of nitrogens with zero attached hydrogens (tertiary/aromatic N) is 1. The molecule has 2 aromatic rings. The van der Waals surface area contributed by atoms with Gasteiger partial charge in [0.2, 0.25) is 0 Å². The molecule has 2 heterocycles. The molecular weight excluding hydrogens is 312 g/mol. The Morgan fingerprint density at radius 3 is 2.75 bits per heavy atom. The van der Waals surface area contributed by atoms with E-state index in [-0.39, 0.29) is 19.5 Å². The van der Waals surface area contributed by atoms with Gasteiger partial charge in [0.1, 0.15) is 11.5 Å². The third-order valence-electron chi connectivity index (χ3n) is 3.79. The van der Waals surface area contributed by atoms with Gasteiger partial charge in [-0.2, -0.15) is 0 Å². The molecule has 1 aliphatic rings. The molecule has 1 aliphatic heterocycles. The molecule has 1 fully saturated rings. The van der Waals surface area contributed by atoms with Crippen LogP contribution in [0, 0.1) is 6.92 Å². The predicted molar refractivity (Wildman–Crippen MR) is 85.1 cm³/mol. The molecule has 0 aliphatic carbocycles. The Morgan fingerprint density at radius 1 is 1.33 bits per heavy atom. The van der Waals surface area contributed by atoms with Crippen molar-refractivity contribution in [2.24, 2.45) is 0 Å². The highest BCUT2D eigenvalue weighted by atomic mass is 16.7. The maximum Gasteiger partial charge on any atom is 0.410 e. The molecule has 1 aromatic heterocycles. The summed E-state index contributed by atoms with van der Waals surface area (Å²) in [6.45, 7) is 2.17. The number of hydrogen-bond donors (Lipinski definition) is 2. The van der Waals surface area contributed by atoms with E-state index in [0.717, 1.165) is 5.76 Å². The molecule has 0 saturated carbocycles. The fraction of sp³-hybridized carbons (Fsp3) is 0.294. The molecule has 0 bridgehead atoms. The number of rotatable bonds is 4. The number of aliphatic hydroxyl groups is 1. The van der Waals surface area contributed by atoms with Gasteiger partial charge in [-0.05, 0) is 31.2 Å². The van der Waals surface area contributed by atoms with E-state index in [0.29, 0.717) is 11.4 Å². The lowest BCUT2D eigenvalue weighted by molar-refractivity contribution is -0.175. The standard InChI is InChI=1S/C17H18N2O5/c1-12-7-8-14(23-12)11-18-16(21)24-17(22)9-10-19(15(17)20)13-5-3-2-4-6-13/h2-8,22H,9-11H2,1H3,(H,18,21)/t17-/m0/s1. The summed E-state index contributed by atoms with van der Waals surface area (Å²) in [5, 5.41) is 12.8. The Labute approximate surface area is 138 Å². The highest BCUT2D eigenvalue weighted by Crippen LogP contribution is 2.29. The average Bonchev–Trinajstić information content (AvgIpc) is 3.11. The van der Waals surface area contributed by atoms with Crippen LogP contribution in [0.15, 0.2) is 46.9 Å². The zero-order valence-electron chi connectivity index (χ0n) is 13.2. The van der Waals surface area contributed by atoms with E-state index in [1.807, 2.05) is 6.07 Å². The van der Waals surface area contributed by atoms with Gasteiger partial charge in [0.25, 0.3) is 11.7 Å². The fourth-order valence-electron chi connectivity index (χ4n) is 2.56. The number of amides is 2. The molecule has 1 saturated heterocycles. The molecule has 1 aromatic carbocycles. The van der Waals surface area contributed by atoms with Crippen LogP contribution in [0.4, 0.5) is 10.5 Å². The van der Waals surface area contributed by atoms with E-state index in [4.69, 9.17) is 9.15 Å². The first-order chi connectivity index (χ1) is 11.5. The Morgan fingerprint density at radius 2 is 2.08 bits per heavy atom. The van der Waals surface area contributed by atoms with Crippen molar-refractivity contribution in [3.05, 3.63) is 54.0 Å². The number of para-hydroxylation sites is 1. The summed E-state index contributed by atoms with van der Waals surface area (Å²) in [6.07, 6.45) is -0.872. The second kappa shape index (κ2) is 6.37. The number of hydrogen-bond acceptors (Lipinski definition) is 5. The smallest absolute Gasteiger partial charge is 0.410 e.